The van der Waals surface area contributed by atoms with Crippen molar-refractivity contribution in [3.8, 4) is 0 Å². The van der Waals surface area contributed by atoms with Crippen LogP contribution in [0.25, 0.3) is 0 Å². The third-order valence-corrected chi connectivity index (χ3v) is 2.70. The van der Waals surface area contributed by atoms with Crippen molar-refractivity contribution in [1.82, 2.24) is 4.90 Å². The Balaban J connectivity index is 2.72. The van der Waals surface area contributed by atoms with Crippen LogP contribution in [-0.2, 0) is 0 Å². The number of aliphatic hydroxyl groups is 1. The standard InChI is InChI=1S/C12H19ClFN3O/c1-12(18,7-17(2)3)6-16-11-5-9(14)8(13)4-10(11)15/h4-5,16,18H,6-7,15H2,1-3H3. The minimum Gasteiger partial charge on any atom is -0.397 e. The Morgan fingerprint density at radius 3 is 2.67 bits per heavy atom. The summed E-state index contributed by atoms with van der Waals surface area (Å²) >= 11 is 5.61. The summed E-state index contributed by atoms with van der Waals surface area (Å²) in [4.78, 5) is 1.87. The number of rotatable bonds is 5. The Morgan fingerprint density at radius 2 is 2.11 bits per heavy atom. The van der Waals surface area contributed by atoms with Crippen molar-refractivity contribution in [2.24, 2.45) is 0 Å². The molecule has 0 aliphatic carbocycles. The largest absolute Gasteiger partial charge is 0.397 e. The van der Waals surface area contributed by atoms with Crippen LogP contribution in [0.2, 0.25) is 5.02 Å². The molecule has 1 aromatic carbocycles. The number of nitrogens with one attached hydrogen (secondary N) is 1. The molecule has 0 fully saturated rings. The van der Waals surface area contributed by atoms with Gasteiger partial charge in [-0.3, -0.25) is 0 Å². The fourth-order valence-corrected chi connectivity index (χ4v) is 1.91. The molecule has 0 bridgehead atoms. The summed E-state index contributed by atoms with van der Waals surface area (Å²) in [5.74, 6) is -0.541. The number of nitrogens with two attached hydrogens (primary N) is 1. The minimum absolute atomic E-state index is 0.0156. The van der Waals surface area contributed by atoms with Gasteiger partial charge in [0.15, 0.2) is 0 Å². The van der Waals surface area contributed by atoms with E-state index in [4.69, 9.17) is 17.3 Å². The van der Waals surface area contributed by atoms with Gasteiger partial charge in [-0.15, -0.1) is 0 Å². The Hall–Kier alpha value is -1.04. The van der Waals surface area contributed by atoms with Crippen LogP contribution in [0.1, 0.15) is 6.92 Å². The highest BCUT2D eigenvalue weighted by molar-refractivity contribution is 6.31. The van der Waals surface area contributed by atoms with Crippen molar-refractivity contribution in [1.29, 1.82) is 0 Å². The molecule has 6 heteroatoms. The van der Waals surface area contributed by atoms with E-state index in [9.17, 15) is 9.50 Å². The molecule has 1 atom stereocenters. The number of benzene rings is 1. The molecule has 0 spiro atoms. The van der Waals surface area contributed by atoms with Gasteiger partial charge in [-0.2, -0.15) is 0 Å². The van der Waals surface area contributed by atoms with Crippen molar-refractivity contribution < 1.29 is 9.50 Å². The van der Waals surface area contributed by atoms with Crippen molar-refractivity contribution in [3.63, 3.8) is 0 Å². The molecule has 4 nitrogen and oxygen atoms in total. The van der Waals surface area contributed by atoms with Gasteiger partial charge in [0.2, 0.25) is 0 Å². The number of nitrogens with zero attached hydrogens (tertiary/aromatic N) is 1. The monoisotopic (exact) mass is 275 g/mol. The minimum atomic E-state index is -0.938. The smallest absolute Gasteiger partial charge is 0.143 e. The van der Waals surface area contributed by atoms with Crippen molar-refractivity contribution in [3.05, 3.63) is 23.0 Å². The van der Waals surface area contributed by atoms with Gasteiger partial charge in [0.25, 0.3) is 0 Å². The van der Waals surface area contributed by atoms with Gasteiger partial charge in [-0.05, 0) is 27.1 Å². The molecule has 1 rings (SSSR count). The molecular weight excluding hydrogens is 257 g/mol. The maximum atomic E-state index is 13.3. The summed E-state index contributed by atoms with van der Waals surface area (Å²) in [5, 5.41) is 13.0. The third-order valence-electron chi connectivity index (χ3n) is 2.41. The topological polar surface area (TPSA) is 61.5 Å². The van der Waals surface area contributed by atoms with Crippen LogP contribution in [0.5, 0.6) is 0 Å². The molecule has 0 amide bonds. The maximum absolute atomic E-state index is 13.3. The first-order valence-corrected chi connectivity index (χ1v) is 5.94. The predicted octanol–water partition coefficient (Wildman–Crippen LogP) is 1.79. The lowest BCUT2D eigenvalue weighted by Crippen LogP contribution is -2.43. The van der Waals surface area contributed by atoms with Gasteiger partial charge in [0, 0.05) is 19.2 Å². The Morgan fingerprint density at radius 1 is 1.50 bits per heavy atom. The molecule has 1 unspecified atom stereocenters. The summed E-state index contributed by atoms with van der Waals surface area (Å²) < 4.78 is 13.3. The first-order valence-electron chi connectivity index (χ1n) is 5.57. The first kappa shape index (κ1) is 15.0. The number of hydrogen-bond donors (Lipinski definition) is 3. The lowest BCUT2D eigenvalue weighted by atomic mass is 10.1. The zero-order valence-electron chi connectivity index (χ0n) is 10.8. The molecule has 102 valence electrons. The quantitative estimate of drug-likeness (QED) is 0.717. The second-order valence-electron chi connectivity index (χ2n) is 4.94. The summed E-state index contributed by atoms with van der Waals surface area (Å²) in [5.41, 5.74) is 5.55. The first-order chi connectivity index (χ1) is 8.21. The van der Waals surface area contributed by atoms with Crippen LogP contribution in [0, 0.1) is 5.82 Å². The second-order valence-corrected chi connectivity index (χ2v) is 5.35. The molecule has 0 saturated heterocycles. The zero-order valence-corrected chi connectivity index (χ0v) is 11.6. The molecule has 0 saturated carbocycles. The summed E-state index contributed by atoms with van der Waals surface area (Å²) in [6.45, 7) is 2.44. The molecule has 0 aliphatic rings. The SMILES string of the molecule is CN(C)CC(C)(O)CNc1cc(F)c(Cl)cc1N. The normalized spacial score (nSPS) is 14.6. The Bertz CT molecular complexity index is 424. The second kappa shape index (κ2) is 5.73. The van der Waals surface area contributed by atoms with Crippen LogP contribution >= 0.6 is 11.6 Å². The zero-order chi connectivity index (χ0) is 13.9. The van der Waals surface area contributed by atoms with Crippen LogP contribution < -0.4 is 11.1 Å². The summed E-state index contributed by atoms with van der Waals surface area (Å²) in [6.07, 6.45) is 0. The highest BCUT2D eigenvalue weighted by Gasteiger charge is 2.21. The number of likely N-dealkylation sites (N-methyl/N-ethyl adjacent to an activating group) is 1. The lowest BCUT2D eigenvalue weighted by Gasteiger charge is -2.27. The van der Waals surface area contributed by atoms with Gasteiger partial charge >= 0.3 is 0 Å². The predicted molar refractivity (Wildman–Crippen MR) is 73.5 cm³/mol. The molecule has 1 aromatic rings. The molecule has 0 heterocycles. The number of halogens is 2. The molecule has 4 N–H and O–H groups in total. The van der Waals surface area contributed by atoms with Crippen LogP contribution in [0.3, 0.4) is 0 Å². The van der Waals surface area contributed by atoms with Crippen LogP contribution in [0.4, 0.5) is 15.8 Å². The average Bonchev–Trinajstić information content (AvgIpc) is 2.19. The van der Waals surface area contributed by atoms with E-state index < -0.39 is 11.4 Å². The summed E-state index contributed by atoms with van der Waals surface area (Å²) in [7, 11) is 3.73. The van der Waals surface area contributed by atoms with E-state index in [0.717, 1.165) is 0 Å². The van der Waals surface area contributed by atoms with E-state index in [0.29, 0.717) is 17.9 Å². The van der Waals surface area contributed by atoms with Gasteiger partial charge in [-0.1, -0.05) is 11.6 Å². The lowest BCUT2D eigenvalue weighted by molar-refractivity contribution is 0.0460. The number of anilines is 2. The highest BCUT2D eigenvalue weighted by Crippen LogP contribution is 2.26. The van der Waals surface area contributed by atoms with Gasteiger partial charge < -0.3 is 21.1 Å². The highest BCUT2D eigenvalue weighted by atomic mass is 35.5. The maximum Gasteiger partial charge on any atom is 0.143 e. The molecule has 0 aliphatic heterocycles. The molecule has 0 aromatic heterocycles. The van der Waals surface area contributed by atoms with Gasteiger partial charge in [0.1, 0.15) is 5.82 Å². The van der Waals surface area contributed by atoms with E-state index in [1.165, 1.54) is 12.1 Å². The Kier molecular flexibility index (Phi) is 4.78. The van der Waals surface area contributed by atoms with Crippen molar-refractivity contribution >= 4 is 23.0 Å². The fourth-order valence-electron chi connectivity index (χ4n) is 1.74. The van der Waals surface area contributed by atoms with E-state index in [1.807, 2.05) is 19.0 Å². The molecular formula is C12H19ClFN3O. The summed E-state index contributed by atoms with van der Waals surface area (Å²) in [6, 6.07) is 2.57. The van der Waals surface area contributed by atoms with Gasteiger partial charge in [-0.25, -0.2) is 4.39 Å². The third kappa shape index (κ3) is 4.33. The van der Waals surface area contributed by atoms with E-state index in [2.05, 4.69) is 5.32 Å². The van der Waals surface area contributed by atoms with Crippen LogP contribution in [0.15, 0.2) is 12.1 Å². The Labute approximate surface area is 112 Å². The van der Waals surface area contributed by atoms with Crippen LogP contribution in [-0.4, -0.2) is 42.8 Å². The van der Waals surface area contributed by atoms with Crippen molar-refractivity contribution in [2.45, 2.75) is 12.5 Å². The van der Waals surface area contributed by atoms with E-state index >= 15 is 0 Å². The van der Waals surface area contributed by atoms with Crippen molar-refractivity contribution in [2.75, 3.05) is 38.2 Å². The van der Waals surface area contributed by atoms with Gasteiger partial charge in [0.05, 0.1) is 22.0 Å². The van der Waals surface area contributed by atoms with E-state index in [-0.39, 0.29) is 11.6 Å². The molecule has 0 radical (unpaired) electrons. The average molecular weight is 276 g/mol. The molecule has 18 heavy (non-hydrogen) atoms. The van der Waals surface area contributed by atoms with E-state index in [1.54, 1.807) is 6.92 Å². The number of nitrogen functional groups attached to an aromatic ring is 1. The number of hydrogen-bond acceptors (Lipinski definition) is 4. The fraction of sp³-hybridized carbons (Fsp3) is 0.500.